The van der Waals surface area contributed by atoms with Crippen molar-refractivity contribution in [1.29, 1.82) is 0 Å². The van der Waals surface area contributed by atoms with Gasteiger partial charge in [-0.05, 0) is 30.5 Å². The summed E-state index contributed by atoms with van der Waals surface area (Å²) in [7, 11) is 1.66. The first-order valence-corrected chi connectivity index (χ1v) is 13.4. The molecule has 1 atom stereocenters. The minimum atomic E-state index is -1.33. The largest absolute Gasteiger partial charge is 0.598 e. The Bertz CT molecular complexity index is 1710. The van der Waals surface area contributed by atoms with Gasteiger partial charge in [-0.3, -0.25) is 19.2 Å². The maximum absolute atomic E-state index is 13.5. The highest BCUT2D eigenvalue weighted by Gasteiger charge is 2.13. The Morgan fingerprint density at radius 2 is 2.11 bits per heavy atom. The van der Waals surface area contributed by atoms with Crippen molar-refractivity contribution in [2.24, 2.45) is 10.7 Å². The summed E-state index contributed by atoms with van der Waals surface area (Å²) >= 11 is 0.244. The first kappa shape index (κ1) is 24.1. The Morgan fingerprint density at radius 3 is 2.89 bits per heavy atom. The van der Waals surface area contributed by atoms with Crippen LogP contribution in [0.5, 0.6) is 0 Å². The monoisotopic (exact) mass is 516 g/mol. The number of fused-ring (bicyclic) bond motifs is 3. The summed E-state index contributed by atoms with van der Waals surface area (Å²) in [6, 6.07) is 11.1. The van der Waals surface area contributed by atoms with Gasteiger partial charge in [-0.25, -0.2) is 4.98 Å². The van der Waals surface area contributed by atoms with Crippen LogP contribution in [0.2, 0.25) is 0 Å². The first-order valence-electron chi connectivity index (χ1n) is 11.2. The van der Waals surface area contributed by atoms with Crippen LogP contribution in [0.15, 0.2) is 70.2 Å². The minimum Gasteiger partial charge on any atom is -0.598 e. The third-order valence-corrected chi connectivity index (χ3v) is 7.90. The lowest BCUT2D eigenvalue weighted by Crippen LogP contribution is -2.25. The molecule has 0 radical (unpaired) electrons. The molecule has 2 aromatic carbocycles. The molecule has 0 aliphatic carbocycles. The molecular formula is C26H24N6O2S2. The van der Waals surface area contributed by atoms with Crippen molar-refractivity contribution in [1.82, 2.24) is 19.1 Å². The standard InChI is InChI=1S/C26H24N6O2S2/c1-16-14-35-26-31-21(13-32(16)26)12-30-36(34)15-17-3-4-18-5-6-24-23(25(33)22(18)7-17)8-19(11-29-24)20(9-27)10-28-2/h3-11,13-14,30H,12,15,27H2,1-2H3. The van der Waals surface area contributed by atoms with Gasteiger partial charge in [0.15, 0.2) is 16.1 Å². The van der Waals surface area contributed by atoms with E-state index in [0.717, 1.165) is 27.3 Å². The molecule has 0 saturated carbocycles. The van der Waals surface area contributed by atoms with Gasteiger partial charge in [0.1, 0.15) is 0 Å². The summed E-state index contributed by atoms with van der Waals surface area (Å²) in [4.78, 5) is 27.5. The predicted octanol–water partition coefficient (Wildman–Crippen LogP) is 3.72. The molecule has 182 valence electrons. The third-order valence-electron chi connectivity index (χ3n) is 5.88. The molecular weight excluding hydrogens is 492 g/mol. The molecule has 0 saturated heterocycles. The van der Waals surface area contributed by atoms with E-state index in [1.54, 1.807) is 36.9 Å². The number of nitrogens with two attached hydrogens (primary N) is 1. The lowest BCUT2D eigenvalue weighted by molar-refractivity contribution is 0.579. The van der Waals surface area contributed by atoms with Crippen molar-refractivity contribution in [3.63, 3.8) is 0 Å². The number of benzene rings is 1. The SMILES string of the molecule is CN=CC(=CN)c1cnc2ccc3ccc(C[S+]([O-])NCc4cn5c(C)csc5n4)cc3c(=O)c2c1. The van der Waals surface area contributed by atoms with E-state index in [1.165, 1.54) is 6.20 Å². The molecule has 0 aliphatic heterocycles. The minimum absolute atomic E-state index is 0.141. The molecule has 36 heavy (non-hydrogen) atoms. The zero-order valence-corrected chi connectivity index (χ0v) is 21.4. The van der Waals surface area contributed by atoms with E-state index in [0.29, 0.717) is 34.0 Å². The van der Waals surface area contributed by atoms with Gasteiger partial charge in [-0.2, -0.15) is 0 Å². The fourth-order valence-corrected chi connectivity index (χ4v) is 5.80. The summed E-state index contributed by atoms with van der Waals surface area (Å²) in [6.45, 7) is 2.42. The second-order valence-electron chi connectivity index (χ2n) is 8.32. The van der Waals surface area contributed by atoms with Gasteiger partial charge < -0.3 is 10.3 Å². The molecule has 1 unspecified atom stereocenters. The van der Waals surface area contributed by atoms with Crippen molar-refractivity contribution in [3.8, 4) is 0 Å². The molecule has 0 aliphatic rings. The fourth-order valence-electron chi connectivity index (χ4n) is 4.03. The highest BCUT2D eigenvalue weighted by Crippen LogP contribution is 2.20. The molecule has 0 amide bonds. The number of hydrogen-bond acceptors (Lipinski definition) is 8. The quantitative estimate of drug-likeness (QED) is 0.251. The molecule has 10 heteroatoms. The smallest absolute Gasteiger partial charge is 0.195 e. The van der Waals surface area contributed by atoms with Crippen molar-refractivity contribution in [2.45, 2.75) is 19.2 Å². The van der Waals surface area contributed by atoms with Gasteiger partial charge in [0.2, 0.25) is 0 Å². The second-order valence-corrected chi connectivity index (χ2v) is 10.4. The van der Waals surface area contributed by atoms with Crippen molar-refractivity contribution >= 4 is 61.1 Å². The Labute approximate surface area is 214 Å². The van der Waals surface area contributed by atoms with E-state index < -0.39 is 11.4 Å². The number of nitrogens with one attached hydrogen (secondary N) is 1. The van der Waals surface area contributed by atoms with Crippen LogP contribution < -0.4 is 15.9 Å². The summed E-state index contributed by atoms with van der Waals surface area (Å²) in [5.41, 5.74) is 10.3. The van der Waals surface area contributed by atoms with Crippen molar-refractivity contribution in [3.05, 3.63) is 93.1 Å². The van der Waals surface area contributed by atoms with Crippen LogP contribution in [-0.2, 0) is 23.7 Å². The molecule has 0 bridgehead atoms. The molecule has 5 aromatic rings. The van der Waals surface area contributed by atoms with Crippen LogP contribution in [0.4, 0.5) is 0 Å². The maximum atomic E-state index is 13.5. The summed E-state index contributed by atoms with van der Waals surface area (Å²) in [6.07, 6.45) is 6.70. The zero-order valence-electron chi connectivity index (χ0n) is 19.8. The van der Waals surface area contributed by atoms with Crippen molar-refractivity contribution in [2.75, 3.05) is 7.05 Å². The van der Waals surface area contributed by atoms with E-state index in [9.17, 15) is 9.35 Å². The van der Waals surface area contributed by atoms with Gasteiger partial charge in [-0.15, -0.1) is 16.1 Å². The first-order chi connectivity index (χ1) is 17.5. The average Bonchev–Trinajstić information content (AvgIpc) is 3.42. The zero-order chi connectivity index (χ0) is 25.2. The highest BCUT2D eigenvalue weighted by atomic mass is 32.2. The van der Waals surface area contributed by atoms with Crippen molar-refractivity contribution < 1.29 is 4.55 Å². The van der Waals surface area contributed by atoms with E-state index in [4.69, 9.17) is 5.73 Å². The maximum Gasteiger partial charge on any atom is 0.195 e. The number of nitrogens with zero attached hydrogens (tertiary/aromatic N) is 4. The molecule has 0 fully saturated rings. The lowest BCUT2D eigenvalue weighted by atomic mass is 10.1. The van der Waals surface area contributed by atoms with Gasteiger partial charge >= 0.3 is 0 Å². The van der Waals surface area contributed by atoms with Gasteiger partial charge in [0, 0.05) is 81.8 Å². The number of aromatic nitrogens is 3. The summed E-state index contributed by atoms with van der Waals surface area (Å²) in [5.74, 6) is 0.268. The Morgan fingerprint density at radius 1 is 1.28 bits per heavy atom. The van der Waals surface area contributed by atoms with E-state index in [-0.39, 0.29) is 11.2 Å². The molecule has 5 rings (SSSR count). The van der Waals surface area contributed by atoms with E-state index in [2.05, 4.69) is 25.1 Å². The normalized spacial score (nSPS) is 13.4. The topological polar surface area (TPSA) is 121 Å². The highest BCUT2D eigenvalue weighted by molar-refractivity contribution is 7.88. The number of rotatable bonds is 7. The van der Waals surface area contributed by atoms with Crippen LogP contribution in [0.25, 0.3) is 32.2 Å². The second kappa shape index (κ2) is 10.2. The Hall–Kier alpha value is -3.57. The number of pyridine rings is 1. The lowest BCUT2D eigenvalue weighted by Gasteiger charge is -2.10. The number of imidazole rings is 1. The Kier molecular flexibility index (Phi) is 6.84. The van der Waals surface area contributed by atoms with Gasteiger partial charge in [0.25, 0.3) is 0 Å². The van der Waals surface area contributed by atoms with E-state index >= 15 is 0 Å². The Balaban J connectivity index is 1.42. The van der Waals surface area contributed by atoms with Crippen LogP contribution in [0.1, 0.15) is 22.5 Å². The predicted molar refractivity (Wildman–Crippen MR) is 149 cm³/mol. The van der Waals surface area contributed by atoms with Gasteiger partial charge in [-0.1, -0.05) is 18.2 Å². The molecule has 3 N–H and O–H groups in total. The fraction of sp³-hybridized carbons (Fsp3) is 0.154. The molecule has 3 aromatic heterocycles. The van der Waals surface area contributed by atoms with Crippen LogP contribution in [0, 0.1) is 6.92 Å². The number of aliphatic imine (C=N–C) groups is 1. The summed E-state index contributed by atoms with van der Waals surface area (Å²) in [5, 5.41) is 3.87. The van der Waals surface area contributed by atoms with Gasteiger partial charge in [0.05, 0.1) is 17.8 Å². The van der Waals surface area contributed by atoms with E-state index in [1.807, 2.05) is 47.9 Å². The number of aryl methyl sites for hydroxylation is 1. The molecule has 8 nitrogen and oxygen atoms in total. The summed E-state index contributed by atoms with van der Waals surface area (Å²) < 4.78 is 17.8. The number of thiazole rings is 1. The molecule has 3 heterocycles. The van der Waals surface area contributed by atoms with Crippen LogP contribution >= 0.6 is 11.3 Å². The van der Waals surface area contributed by atoms with Crippen LogP contribution in [0.3, 0.4) is 0 Å². The molecule has 0 spiro atoms. The number of hydrogen-bond donors (Lipinski definition) is 2. The van der Waals surface area contributed by atoms with Crippen LogP contribution in [-0.4, -0.2) is 32.2 Å². The third kappa shape index (κ3) is 4.76. The average molecular weight is 517 g/mol. The number of allylic oxidation sites excluding steroid dienone is 1.